The second kappa shape index (κ2) is 6.97. The summed E-state index contributed by atoms with van der Waals surface area (Å²) in [4.78, 5) is 0. The minimum atomic E-state index is -4.73. The maximum Gasteiger partial charge on any atom is 0.573 e. The molecule has 0 aliphatic carbocycles. The zero-order valence-corrected chi connectivity index (χ0v) is 13.1. The van der Waals surface area contributed by atoms with Crippen molar-refractivity contribution in [2.45, 2.75) is 12.8 Å². The third-order valence-corrected chi connectivity index (χ3v) is 3.63. The van der Waals surface area contributed by atoms with Crippen molar-refractivity contribution < 1.29 is 22.3 Å². The Hall–Kier alpha value is -2.82. The van der Waals surface area contributed by atoms with Crippen LogP contribution in [-0.4, -0.2) is 6.36 Å². The van der Waals surface area contributed by atoms with Crippen LogP contribution in [0.2, 0.25) is 0 Å². The fraction of sp³-hybridized carbons (Fsp3) is 0.100. The molecule has 3 rings (SSSR count). The third kappa shape index (κ3) is 4.83. The van der Waals surface area contributed by atoms with Gasteiger partial charge in [0.15, 0.2) is 0 Å². The lowest BCUT2D eigenvalue weighted by Crippen LogP contribution is -2.17. The van der Waals surface area contributed by atoms with Crippen molar-refractivity contribution >= 4 is 16.8 Å². The van der Waals surface area contributed by atoms with Crippen molar-refractivity contribution in [3.05, 3.63) is 83.7 Å². The second-order valence-electron chi connectivity index (χ2n) is 5.57. The molecule has 0 spiro atoms. The molecule has 0 fully saturated rings. The van der Waals surface area contributed by atoms with E-state index in [0.717, 1.165) is 16.3 Å². The summed E-state index contributed by atoms with van der Waals surface area (Å²) in [5, 5.41) is 2.08. The number of rotatable bonds is 4. The maximum atomic E-state index is 14.2. The summed E-state index contributed by atoms with van der Waals surface area (Å²) >= 11 is 0. The van der Waals surface area contributed by atoms with Gasteiger partial charge >= 0.3 is 6.36 Å². The van der Waals surface area contributed by atoms with E-state index >= 15 is 0 Å². The average Bonchev–Trinajstić information content (AvgIpc) is 2.55. The van der Waals surface area contributed by atoms with E-state index in [4.69, 9.17) is 0 Å². The van der Waals surface area contributed by atoms with Crippen molar-refractivity contribution in [3.63, 3.8) is 0 Å². The van der Waals surface area contributed by atoms with E-state index in [9.17, 15) is 17.6 Å². The van der Waals surface area contributed by atoms with Crippen LogP contribution >= 0.6 is 0 Å². The first-order chi connectivity index (χ1) is 11.9. The highest BCUT2D eigenvalue weighted by Gasteiger charge is 2.30. The summed E-state index contributed by atoms with van der Waals surface area (Å²) < 4.78 is 54.3. The quantitative estimate of drug-likeness (QED) is 0.504. The molecule has 0 amide bonds. The molecule has 0 saturated carbocycles. The number of benzene rings is 3. The molecular weight excluding hydrogens is 332 g/mol. The Morgan fingerprint density at radius 2 is 1.56 bits per heavy atom. The van der Waals surface area contributed by atoms with Gasteiger partial charge in [-0.25, -0.2) is 4.39 Å². The zero-order chi connectivity index (χ0) is 17.9. The molecule has 0 unspecified atom stereocenters. The SMILES string of the molecule is F/C(=C\c1ccc2ccccc2c1)Cc1ccc(OC(F)(F)F)cc1. The van der Waals surface area contributed by atoms with Gasteiger partial charge in [0.1, 0.15) is 11.6 Å². The maximum absolute atomic E-state index is 14.2. The van der Waals surface area contributed by atoms with E-state index in [-0.39, 0.29) is 18.0 Å². The average molecular weight is 346 g/mol. The van der Waals surface area contributed by atoms with Crippen molar-refractivity contribution in [2.24, 2.45) is 0 Å². The molecular formula is C20H14F4O. The fourth-order valence-electron chi connectivity index (χ4n) is 2.53. The number of ether oxygens (including phenoxy) is 1. The van der Waals surface area contributed by atoms with Crippen LogP contribution in [0.15, 0.2) is 72.6 Å². The molecule has 1 nitrogen and oxygen atoms in total. The van der Waals surface area contributed by atoms with Crippen LogP contribution in [0.3, 0.4) is 0 Å². The molecule has 25 heavy (non-hydrogen) atoms. The first kappa shape index (κ1) is 17.0. The van der Waals surface area contributed by atoms with Crippen molar-refractivity contribution in [3.8, 4) is 5.75 Å². The Labute approximate surface area is 142 Å². The summed E-state index contributed by atoms with van der Waals surface area (Å²) in [7, 11) is 0. The van der Waals surface area contributed by atoms with E-state index in [1.54, 1.807) is 0 Å². The highest BCUT2D eigenvalue weighted by atomic mass is 19.4. The number of hydrogen-bond acceptors (Lipinski definition) is 1. The van der Waals surface area contributed by atoms with Gasteiger partial charge in [0.2, 0.25) is 0 Å². The smallest absolute Gasteiger partial charge is 0.406 e. The van der Waals surface area contributed by atoms with Crippen LogP contribution in [0, 0.1) is 0 Å². The van der Waals surface area contributed by atoms with Gasteiger partial charge in [-0.05, 0) is 46.2 Å². The Bertz CT molecular complexity index is 895. The monoisotopic (exact) mass is 346 g/mol. The largest absolute Gasteiger partial charge is 0.573 e. The molecule has 3 aromatic carbocycles. The molecule has 0 radical (unpaired) electrons. The Kier molecular flexibility index (Phi) is 4.74. The first-order valence-electron chi connectivity index (χ1n) is 7.59. The van der Waals surface area contributed by atoms with Gasteiger partial charge in [-0.1, -0.05) is 48.5 Å². The third-order valence-electron chi connectivity index (χ3n) is 3.63. The van der Waals surface area contributed by atoms with Gasteiger partial charge in [0.25, 0.3) is 0 Å². The highest BCUT2D eigenvalue weighted by molar-refractivity contribution is 5.84. The topological polar surface area (TPSA) is 9.23 Å². The predicted molar refractivity (Wildman–Crippen MR) is 89.9 cm³/mol. The number of fused-ring (bicyclic) bond motifs is 1. The van der Waals surface area contributed by atoms with E-state index in [2.05, 4.69) is 4.74 Å². The Morgan fingerprint density at radius 3 is 2.24 bits per heavy atom. The summed E-state index contributed by atoms with van der Waals surface area (Å²) in [5.74, 6) is -0.699. The lowest BCUT2D eigenvalue weighted by Gasteiger charge is -2.09. The van der Waals surface area contributed by atoms with Crippen LogP contribution in [0.4, 0.5) is 17.6 Å². The van der Waals surface area contributed by atoms with Crippen LogP contribution in [-0.2, 0) is 6.42 Å². The summed E-state index contributed by atoms with van der Waals surface area (Å²) in [6.45, 7) is 0. The lowest BCUT2D eigenvalue weighted by atomic mass is 10.1. The minimum Gasteiger partial charge on any atom is -0.406 e. The first-order valence-corrected chi connectivity index (χ1v) is 7.59. The van der Waals surface area contributed by atoms with E-state index < -0.39 is 6.36 Å². The molecule has 0 aromatic heterocycles. The van der Waals surface area contributed by atoms with E-state index in [1.807, 2.05) is 42.5 Å². The summed E-state index contributed by atoms with van der Waals surface area (Å²) in [5.41, 5.74) is 1.29. The molecule has 0 aliphatic rings. The molecule has 5 heteroatoms. The molecule has 0 bridgehead atoms. The van der Waals surface area contributed by atoms with Gasteiger partial charge in [-0.2, -0.15) is 0 Å². The molecule has 0 aliphatic heterocycles. The number of allylic oxidation sites excluding steroid dienone is 1. The van der Waals surface area contributed by atoms with Crippen LogP contribution in [0.25, 0.3) is 16.8 Å². The van der Waals surface area contributed by atoms with Crippen molar-refractivity contribution in [1.82, 2.24) is 0 Å². The molecule has 128 valence electrons. The Morgan fingerprint density at radius 1 is 0.880 bits per heavy atom. The summed E-state index contributed by atoms with van der Waals surface area (Å²) in [6, 6.07) is 18.6. The molecule has 0 atom stereocenters. The molecule has 0 N–H and O–H groups in total. The van der Waals surface area contributed by atoms with Gasteiger partial charge in [0.05, 0.1) is 0 Å². The van der Waals surface area contributed by atoms with Crippen molar-refractivity contribution in [2.75, 3.05) is 0 Å². The van der Waals surface area contributed by atoms with E-state index in [0.29, 0.717) is 5.56 Å². The van der Waals surface area contributed by atoms with Gasteiger partial charge in [-0.15, -0.1) is 13.2 Å². The van der Waals surface area contributed by atoms with Gasteiger partial charge in [-0.3, -0.25) is 0 Å². The van der Waals surface area contributed by atoms with Crippen LogP contribution in [0.1, 0.15) is 11.1 Å². The normalized spacial score (nSPS) is 12.4. The minimum absolute atomic E-state index is 0.000868. The second-order valence-corrected chi connectivity index (χ2v) is 5.57. The number of alkyl halides is 3. The molecule has 0 heterocycles. The predicted octanol–water partition coefficient (Wildman–Crippen LogP) is 6.29. The Balaban J connectivity index is 1.72. The lowest BCUT2D eigenvalue weighted by molar-refractivity contribution is -0.274. The van der Waals surface area contributed by atoms with Gasteiger partial charge in [0, 0.05) is 6.42 Å². The zero-order valence-electron chi connectivity index (χ0n) is 13.1. The highest BCUT2D eigenvalue weighted by Crippen LogP contribution is 2.24. The van der Waals surface area contributed by atoms with Crippen molar-refractivity contribution in [1.29, 1.82) is 0 Å². The van der Waals surface area contributed by atoms with Crippen LogP contribution < -0.4 is 4.74 Å². The number of halogens is 4. The number of hydrogen-bond donors (Lipinski definition) is 0. The van der Waals surface area contributed by atoms with Crippen LogP contribution in [0.5, 0.6) is 5.75 Å². The summed E-state index contributed by atoms with van der Waals surface area (Å²) in [6.07, 6.45) is -3.31. The molecule has 0 saturated heterocycles. The fourth-order valence-corrected chi connectivity index (χ4v) is 2.53. The standard InChI is InChI=1S/C20H14F4O/c21-18(12-14-6-9-19(10-7-14)25-20(22,23)24)13-15-5-8-16-3-1-2-4-17(16)11-15/h1-11,13H,12H2/b18-13-. The van der Waals surface area contributed by atoms with Gasteiger partial charge < -0.3 is 4.74 Å². The van der Waals surface area contributed by atoms with E-state index in [1.165, 1.54) is 30.3 Å². The molecule has 3 aromatic rings.